The first-order valence-corrected chi connectivity index (χ1v) is 12.9. The quantitative estimate of drug-likeness (QED) is 0.296. The van der Waals surface area contributed by atoms with Crippen LogP contribution in [-0.4, -0.2) is 29.2 Å². The van der Waals surface area contributed by atoms with Gasteiger partial charge in [0, 0.05) is 28.8 Å². The number of aromatic nitrogens is 1. The van der Waals surface area contributed by atoms with E-state index < -0.39 is 0 Å². The lowest BCUT2D eigenvalue weighted by molar-refractivity contribution is -0.118. The minimum Gasteiger partial charge on any atom is -0.360 e. The van der Waals surface area contributed by atoms with Gasteiger partial charge < -0.3 is 16.0 Å². The summed E-state index contributed by atoms with van der Waals surface area (Å²) < 4.78 is 13.3. The average molecular weight is 524 g/mol. The van der Waals surface area contributed by atoms with Crippen LogP contribution in [0.4, 0.5) is 10.1 Å². The average Bonchev–Trinajstić information content (AvgIpc) is 3.43. The highest BCUT2D eigenvalue weighted by Crippen LogP contribution is 2.26. The molecule has 5 rings (SSSR count). The summed E-state index contributed by atoms with van der Waals surface area (Å²) >= 11 is 0. The smallest absolute Gasteiger partial charge is 0.251 e. The molecule has 3 aromatic carbocycles. The van der Waals surface area contributed by atoms with E-state index in [4.69, 9.17) is 0 Å². The Hall–Kier alpha value is -4.59. The highest BCUT2D eigenvalue weighted by atomic mass is 19.1. The Morgan fingerprint density at radius 3 is 2.46 bits per heavy atom. The number of carbonyl (C=O) groups excluding carboxylic acids is 2. The van der Waals surface area contributed by atoms with Crippen molar-refractivity contribution in [3.05, 3.63) is 107 Å². The SMILES string of the molecule is CC(C)C(=O)Nc1cc(C(=O)N[C@@H](C)c2ccc(F)cc2)cc(C2CN=C(c3cc4ccccc4cn3)N2)c1. The van der Waals surface area contributed by atoms with Gasteiger partial charge in [-0.3, -0.25) is 19.6 Å². The van der Waals surface area contributed by atoms with Crippen LogP contribution in [0.25, 0.3) is 10.8 Å². The lowest BCUT2D eigenvalue weighted by atomic mass is 10.0. The predicted molar refractivity (Wildman–Crippen MR) is 151 cm³/mol. The predicted octanol–water partition coefficient (Wildman–Crippen LogP) is 5.55. The van der Waals surface area contributed by atoms with Crippen LogP contribution in [0.5, 0.6) is 0 Å². The molecule has 4 aromatic rings. The van der Waals surface area contributed by atoms with Crippen LogP contribution in [0.2, 0.25) is 0 Å². The third-order valence-electron chi connectivity index (χ3n) is 6.75. The van der Waals surface area contributed by atoms with Crippen molar-refractivity contribution in [2.24, 2.45) is 10.9 Å². The number of nitrogens with zero attached hydrogens (tertiary/aromatic N) is 2. The van der Waals surface area contributed by atoms with Crippen molar-refractivity contribution in [3.8, 4) is 0 Å². The van der Waals surface area contributed by atoms with Gasteiger partial charge in [-0.15, -0.1) is 0 Å². The topological polar surface area (TPSA) is 95.5 Å². The monoisotopic (exact) mass is 523 g/mol. The van der Waals surface area contributed by atoms with Crippen molar-refractivity contribution in [2.45, 2.75) is 32.9 Å². The maximum Gasteiger partial charge on any atom is 0.251 e. The van der Waals surface area contributed by atoms with Crippen LogP contribution < -0.4 is 16.0 Å². The van der Waals surface area contributed by atoms with Gasteiger partial charge >= 0.3 is 0 Å². The molecule has 0 saturated carbocycles. The second-order valence-corrected chi connectivity index (χ2v) is 10.0. The van der Waals surface area contributed by atoms with E-state index in [-0.39, 0.29) is 35.6 Å². The van der Waals surface area contributed by atoms with Crippen molar-refractivity contribution < 1.29 is 14.0 Å². The first kappa shape index (κ1) is 26.0. The lowest BCUT2D eigenvalue weighted by Gasteiger charge is -2.18. The Morgan fingerprint density at radius 2 is 1.72 bits per heavy atom. The highest BCUT2D eigenvalue weighted by Gasteiger charge is 2.24. The molecule has 0 fully saturated rings. The fourth-order valence-electron chi connectivity index (χ4n) is 4.45. The van der Waals surface area contributed by atoms with Crippen LogP contribution in [0.1, 0.15) is 60.0 Å². The number of halogens is 1. The summed E-state index contributed by atoms with van der Waals surface area (Å²) in [6.45, 7) is 5.92. The number of nitrogens with one attached hydrogen (secondary N) is 3. The van der Waals surface area contributed by atoms with Crippen molar-refractivity contribution in [3.63, 3.8) is 0 Å². The second kappa shape index (κ2) is 11.0. The maximum absolute atomic E-state index is 13.3. The maximum atomic E-state index is 13.3. The summed E-state index contributed by atoms with van der Waals surface area (Å²) in [5, 5.41) is 11.4. The second-order valence-electron chi connectivity index (χ2n) is 10.0. The Kier molecular flexibility index (Phi) is 7.36. The minimum atomic E-state index is -0.339. The third-order valence-corrected chi connectivity index (χ3v) is 6.75. The number of hydrogen-bond donors (Lipinski definition) is 3. The number of rotatable bonds is 7. The van der Waals surface area contributed by atoms with Gasteiger partial charge in [0.05, 0.1) is 18.6 Å². The number of hydrogen-bond acceptors (Lipinski definition) is 5. The van der Waals surface area contributed by atoms with Gasteiger partial charge in [0.25, 0.3) is 5.91 Å². The van der Waals surface area contributed by atoms with E-state index in [0.717, 1.165) is 27.6 Å². The van der Waals surface area contributed by atoms with Crippen molar-refractivity contribution in [1.82, 2.24) is 15.6 Å². The summed E-state index contributed by atoms with van der Waals surface area (Å²) in [4.78, 5) is 35.0. The number of fused-ring (bicyclic) bond motifs is 1. The van der Waals surface area contributed by atoms with Crippen LogP contribution in [0.15, 0.2) is 84.0 Å². The molecule has 2 heterocycles. The molecule has 0 saturated heterocycles. The van der Waals surface area contributed by atoms with E-state index >= 15 is 0 Å². The Balaban J connectivity index is 1.39. The Labute approximate surface area is 226 Å². The van der Waals surface area contributed by atoms with Crippen molar-refractivity contribution in [1.29, 1.82) is 0 Å². The normalized spacial score (nSPS) is 15.5. The molecular formula is C31H30FN5O2. The van der Waals surface area contributed by atoms with Crippen LogP contribution in [-0.2, 0) is 4.79 Å². The Morgan fingerprint density at radius 1 is 0.974 bits per heavy atom. The molecule has 7 nitrogen and oxygen atoms in total. The van der Waals surface area contributed by atoms with Gasteiger partial charge in [-0.25, -0.2) is 4.39 Å². The number of amides is 2. The van der Waals surface area contributed by atoms with Gasteiger partial charge in [0.1, 0.15) is 17.3 Å². The molecule has 0 bridgehead atoms. The molecule has 1 aromatic heterocycles. The number of carbonyl (C=O) groups is 2. The molecule has 0 spiro atoms. The van der Waals surface area contributed by atoms with Gasteiger partial charge in [-0.2, -0.15) is 0 Å². The summed E-state index contributed by atoms with van der Waals surface area (Å²) in [5.41, 5.74) is 3.28. The zero-order valence-electron chi connectivity index (χ0n) is 22.0. The molecule has 198 valence electrons. The molecule has 0 aliphatic carbocycles. The van der Waals surface area contributed by atoms with E-state index in [0.29, 0.717) is 23.6 Å². The summed E-state index contributed by atoms with van der Waals surface area (Å²) in [7, 11) is 0. The number of aliphatic imine (C=N–C) groups is 1. The van der Waals surface area contributed by atoms with E-state index in [1.54, 1.807) is 18.2 Å². The van der Waals surface area contributed by atoms with Gasteiger partial charge in [0.15, 0.2) is 0 Å². The molecule has 8 heteroatoms. The van der Waals surface area contributed by atoms with Crippen LogP contribution in [0.3, 0.4) is 0 Å². The molecule has 1 aliphatic heterocycles. The fourth-order valence-corrected chi connectivity index (χ4v) is 4.45. The largest absolute Gasteiger partial charge is 0.360 e. The molecule has 39 heavy (non-hydrogen) atoms. The van der Waals surface area contributed by atoms with Crippen LogP contribution >= 0.6 is 0 Å². The zero-order chi connectivity index (χ0) is 27.5. The summed E-state index contributed by atoms with van der Waals surface area (Å²) in [6, 6.07) is 20.8. The molecular weight excluding hydrogens is 493 g/mol. The van der Waals surface area contributed by atoms with Crippen LogP contribution in [0, 0.1) is 11.7 Å². The highest BCUT2D eigenvalue weighted by molar-refractivity contribution is 6.01. The number of pyridine rings is 1. The molecule has 1 unspecified atom stereocenters. The van der Waals surface area contributed by atoms with Crippen molar-refractivity contribution >= 4 is 34.1 Å². The molecule has 2 atom stereocenters. The zero-order valence-corrected chi connectivity index (χ0v) is 22.0. The summed E-state index contributed by atoms with van der Waals surface area (Å²) in [5.74, 6) is -0.319. The molecule has 0 radical (unpaired) electrons. The van der Waals surface area contributed by atoms with Gasteiger partial charge in [0.2, 0.25) is 5.91 Å². The molecule has 1 aliphatic rings. The minimum absolute atomic E-state index is 0.144. The molecule has 3 N–H and O–H groups in total. The number of anilines is 1. The lowest BCUT2D eigenvalue weighted by Crippen LogP contribution is -2.28. The van der Waals surface area contributed by atoms with E-state index in [1.807, 2.05) is 69.4 Å². The third kappa shape index (κ3) is 5.95. The van der Waals surface area contributed by atoms with E-state index in [1.165, 1.54) is 12.1 Å². The number of amidine groups is 1. The van der Waals surface area contributed by atoms with E-state index in [2.05, 4.69) is 25.9 Å². The standard InChI is InChI=1S/C31H30FN5O2/c1-18(2)30(38)36-26-13-23(12-24(14-26)31(39)35-19(3)20-8-10-25(32)11-9-20)28-17-34-29(37-28)27-15-21-6-4-5-7-22(21)16-33-27/h4-16,18-19,28H,17H2,1-3H3,(H,34,37)(H,35,39)(H,36,38)/t19-,28?/m0/s1. The first-order valence-electron chi connectivity index (χ1n) is 12.9. The molecule has 2 amide bonds. The number of benzene rings is 3. The first-order chi connectivity index (χ1) is 18.8. The van der Waals surface area contributed by atoms with Gasteiger partial charge in [-0.05, 0) is 59.8 Å². The van der Waals surface area contributed by atoms with E-state index in [9.17, 15) is 14.0 Å². The van der Waals surface area contributed by atoms with Gasteiger partial charge in [-0.1, -0.05) is 50.2 Å². The van der Waals surface area contributed by atoms with Crippen molar-refractivity contribution in [2.75, 3.05) is 11.9 Å². The fraction of sp³-hybridized carbons (Fsp3) is 0.226. The Bertz CT molecular complexity index is 1570. The summed E-state index contributed by atoms with van der Waals surface area (Å²) in [6.07, 6.45) is 1.83.